The Bertz CT molecular complexity index is 490. The summed E-state index contributed by atoms with van der Waals surface area (Å²) < 4.78 is 0.864. The van der Waals surface area contributed by atoms with Crippen molar-refractivity contribution in [2.45, 2.75) is 0 Å². The molecule has 1 N–H and O–H groups in total. The Morgan fingerprint density at radius 1 is 1.50 bits per heavy atom. The molecular weight excluding hydrogens is 219 g/mol. The van der Waals surface area contributed by atoms with Crippen molar-refractivity contribution < 1.29 is 0 Å². The first-order valence-electron chi connectivity index (χ1n) is 3.01. The van der Waals surface area contributed by atoms with Gasteiger partial charge >= 0.3 is 0 Å². The Hall–Kier alpha value is -0.580. The average molecular weight is 221 g/mol. The zero-order chi connectivity index (χ0) is 8.72. The summed E-state index contributed by atoms with van der Waals surface area (Å²) in [7, 11) is 0. The molecule has 0 bridgehead atoms. The number of thiophene rings is 1. The highest BCUT2D eigenvalue weighted by Gasteiger charge is 2.11. The second kappa shape index (κ2) is 2.73. The number of halogens is 2. The maximum atomic E-state index is 11.1. The van der Waals surface area contributed by atoms with E-state index in [1.54, 1.807) is 0 Å². The lowest BCUT2D eigenvalue weighted by Gasteiger charge is -1.85. The van der Waals surface area contributed by atoms with Crippen LogP contribution < -0.4 is 5.56 Å². The third-order valence-corrected chi connectivity index (χ3v) is 3.35. The Kier molecular flexibility index (Phi) is 1.83. The lowest BCUT2D eigenvalue weighted by Crippen LogP contribution is -2.03. The summed E-state index contributed by atoms with van der Waals surface area (Å²) in [5.41, 5.74) is 0.259. The van der Waals surface area contributed by atoms with Gasteiger partial charge in [0.05, 0.1) is 11.3 Å². The van der Waals surface area contributed by atoms with E-state index < -0.39 is 0 Å². The summed E-state index contributed by atoms with van der Waals surface area (Å²) in [5, 5.41) is 0.350. The lowest BCUT2D eigenvalue weighted by molar-refractivity contribution is 1.18. The maximum Gasteiger partial charge on any atom is 0.268 e. The van der Waals surface area contributed by atoms with Gasteiger partial charge in [-0.2, -0.15) is 0 Å². The maximum absolute atomic E-state index is 11.1. The SMILES string of the molecule is O=c1[nH]cnc2c(Cl)c(Cl)sc12. The van der Waals surface area contributed by atoms with Crippen LogP contribution in [-0.2, 0) is 0 Å². The van der Waals surface area contributed by atoms with Gasteiger partial charge < -0.3 is 4.98 Å². The molecule has 0 atom stereocenters. The van der Waals surface area contributed by atoms with Crippen LogP contribution in [-0.4, -0.2) is 9.97 Å². The third-order valence-electron chi connectivity index (χ3n) is 1.38. The number of H-pyrrole nitrogens is 1. The largest absolute Gasteiger partial charge is 0.312 e. The molecule has 2 rings (SSSR count). The first-order valence-corrected chi connectivity index (χ1v) is 4.58. The Morgan fingerprint density at radius 3 is 2.92 bits per heavy atom. The normalized spacial score (nSPS) is 10.8. The minimum Gasteiger partial charge on any atom is -0.312 e. The van der Waals surface area contributed by atoms with Gasteiger partial charge in [-0.1, -0.05) is 23.2 Å². The van der Waals surface area contributed by atoms with Crippen molar-refractivity contribution in [1.29, 1.82) is 0 Å². The third kappa shape index (κ3) is 1.03. The Morgan fingerprint density at radius 2 is 2.25 bits per heavy atom. The van der Waals surface area contributed by atoms with Gasteiger partial charge in [0.1, 0.15) is 14.6 Å². The van der Waals surface area contributed by atoms with Gasteiger partial charge in [-0.3, -0.25) is 4.79 Å². The second-order valence-corrected chi connectivity index (χ2v) is 4.10. The van der Waals surface area contributed by atoms with Crippen LogP contribution in [0.1, 0.15) is 0 Å². The quantitative estimate of drug-likeness (QED) is 0.741. The molecule has 0 aliphatic carbocycles. The molecule has 0 saturated heterocycles. The number of aromatic amines is 1. The molecule has 62 valence electrons. The molecule has 0 fully saturated rings. The molecule has 3 nitrogen and oxygen atoms in total. The van der Waals surface area contributed by atoms with E-state index in [-0.39, 0.29) is 5.56 Å². The summed E-state index contributed by atoms with van der Waals surface area (Å²) >= 11 is 12.6. The summed E-state index contributed by atoms with van der Waals surface area (Å²) in [6, 6.07) is 0. The molecule has 2 aromatic heterocycles. The number of rotatable bonds is 0. The molecule has 0 spiro atoms. The monoisotopic (exact) mass is 220 g/mol. The molecule has 0 aromatic carbocycles. The van der Waals surface area contributed by atoms with Gasteiger partial charge in [-0.05, 0) is 0 Å². The fraction of sp³-hybridized carbons (Fsp3) is 0. The van der Waals surface area contributed by atoms with Crippen LogP contribution in [0.25, 0.3) is 10.2 Å². The standard InChI is InChI=1S/C6H2Cl2N2OS/c7-2-3-4(12-5(2)8)6(11)10-1-9-3/h1H,(H,9,10,11). The smallest absolute Gasteiger partial charge is 0.268 e. The summed E-state index contributed by atoms with van der Waals surface area (Å²) in [4.78, 5) is 17.5. The zero-order valence-corrected chi connectivity index (χ0v) is 7.93. The lowest BCUT2D eigenvalue weighted by atomic mass is 10.5. The van der Waals surface area contributed by atoms with E-state index in [4.69, 9.17) is 23.2 Å². The van der Waals surface area contributed by atoms with Crippen molar-refractivity contribution >= 4 is 44.8 Å². The van der Waals surface area contributed by atoms with Crippen molar-refractivity contribution in [1.82, 2.24) is 9.97 Å². The summed E-state index contributed by atoms with van der Waals surface area (Å²) in [5.74, 6) is 0. The topological polar surface area (TPSA) is 45.8 Å². The van der Waals surface area contributed by atoms with E-state index in [1.807, 2.05) is 0 Å². The molecule has 6 heteroatoms. The molecule has 0 aliphatic heterocycles. The second-order valence-electron chi connectivity index (χ2n) is 2.10. The van der Waals surface area contributed by atoms with Crippen LogP contribution in [0.2, 0.25) is 9.36 Å². The minimum atomic E-state index is -0.209. The molecule has 2 heterocycles. The molecular formula is C6H2Cl2N2OS. The van der Waals surface area contributed by atoms with Gasteiger partial charge in [0, 0.05) is 0 Å². The molecule has 0 amide bonds. The van der Waals surface area contributed by atoms with Gasteiger partial charge in [-0.15, -0.1) is 11.3 Å². The first kappa shape index (κ1) is 8.04. The van der Waals surface area contributed by atoms with Gasteiger partial charge in [0.2, 0.25) is 0 Å². The molecule has 0 unspecified atom stereocenters. The number of hydrogen-bond acceptors (Lipinski definition) is 3. The van der Waals surface area contributed by atoms with Crippen molar-refractivity contribution in [3.63, 3.8) is 0 Å². The highest BCUT2D eigenvalue weighted by atomic mass is 35.5. The Balaban J connectivity index is 3.05. The van der Waals surface area contributed by atoms with E-state index in [0.29, 0.717) is 19.6 Å². The number of nitrogens with one attached hydrogen (secondary N) is 1. The molecule has 12 heavy (non-hydrogen) atoms. The van der Waals surface area contributed by atoms with Gasteiger partial charge in [0.15, 0.2) is 0 Å². The molecule has 0 saturated carbocycles. The number of nitrogens with zero attached hydrogens (tertiary/aromatic N) is 1. The van der Waals surface area contributed by atoms with Crippen molar-refractivity contribution in [3.05, 3.63) is 26.0 Å². The van der Waals surface area contributed by atoms with Crippen LogP contribution in [0.4, 0.5) is 0 Å². The molecule has 2 aromatic rings. The molecule has 0 aliphatic rings. The first-order chi connectivity index (χ1) is 5.70. The fourth-order valence-electron chi connectivity index (χ4n) is 0.866. The highest BCUT2D eigenvalue weighted by Crippen LogP contribution is 2.35. The molecule has 0 radical (unpaired) electrons. The summed E-state index contributed by atoms with van der Waals surface area (Å²) in [6.45, 7) is 0. The van der Waals surface area contributed by atoms with E-state index in [0.717, 1.165) is 11.3 Å². The van der Waals surface area contributed by atoms with Gasteiger partial charge in [0.25, 0.3) is 5.56 Å². The minimum absolute atomic E-state index is 0.209. The van der Waals surface area contributed by atoms with Crippen LogP contribution in [0.15, 0.2) is 11.1 Å². The predicted molar refractivity (Wildman–Crippen MR) is 50.3 cm³/mol. The van der Waals surface area contributed by atoms with Crippen LogP contribution in [0, 0.1) is 0 Å². The van der Waals surface area contributed by atoms with E-state index >= 15 is 0 Å². The van der Waals surface area contributed by atoms with E-state index in [2.05, 4.69) is 9.97 Å². The van der Waals surface area contributed by atoms with Crippen LogP contribution >= 0.6 is 34.5 Å². The Labute approximate surface area is 81.0 Å². The zero-order valence-electron chi connectivity index (χ0n) is 5.60. The summed E-state index contributed by atoms with van der Waals surface area (Å²) in [6.07, 6.45) is 1.31. The van der Waals surface area contributed by atoms with E-state index in [1.165, 1.54) is 6.33 Å². The van der Waals surface area contributed by atoms with Crippen molar-refractivity contribution in [3.8, 4) is 0 Å². The van der Waals surface area contributed by atoms with Crippen molar-refractivity contribution in [2.75, 3.05) is 0 Å². The number of fused-ring (bicyclic) bond motifs is 1. The van der Waals surface area contributed by atoms with Gasteiger partial charge in [-0.25, -0.2) is 4.98 Å². The fourth-order valence-corrected chi connectivity index (χ4v) is 2.27. The predicted octanol–water partition coefficient (Wildman–Crippen LogP) is 2.29. The van der Waals surface area contributed by atoms with Crippen LogP contribution in [0.5, 0.6) is 0 Å². The van der Waals surface area contributed by atoms with Crippen molar-refractivity contribution in [2.24, 2.45) is 0 Å². The van der Waals surface area contributed by atoms with Crippen LogP contribution in [0.3, 0.4) is 0 Å². The number of aromatic nitrogens is 2. The van der Waals surface area contributed by atoms with E-state index in [9.17, 15) is 4.79 Å². The highest BCUT2D eigenvalue weighted by molar-refractivity contribution is 7.23. The number of hydrogen-bond donors (Lipinski definition) is 1. The average Bonchev–Trinajstić information content (AvgIpc) is 2.32.